The van der Waals surface area contributed by atoms with E-state index in [2.05, 4.69) is 15.0 Å². The zero-order valence-electron chi connectivity index (χ0n) is 8.16. The molecule has 0 saturated carbocycles. The van der Waals surface area contributed by atoms with Crippen LogP contribution in [0, 0.1) is 17.0 Å². The van der Waals surface area contributed by atoms with Gasteiger partial charge >= 0.3 is 5.69 Å². The fourth-order valence-corrected chi connectivity index (χ4v) is 1.48. The molecule has 0 aromatic carbocycles. The Hall–Kier alpha value is -2.02. The van der Waals surface area contributed by atoms with Gasteiger partial charge in [0, 0.05) is 12.4 Å². The predicted octanol–water partition coefficient (Wildman–Crippen LogP) is 1.53. The third-order valence-corrected chi connectivity index (χ3v) is 2.27. The highest BCUT2D eigenvalue weighted by Crippen LogP contribution is 2.27. The molecule has 7 nitrogen and oxygen atoms in total. The van der Waals surface area contributed by atoms with Crippen molar-refractivity contribution in [3.8, 4) is 5.82 Å². The number of rotatable bonds is 2. The van der Waals surface area contributed by atoms with Crippen molar-refractivity contribution < 1.29 is 4.92 Å². The van der Waals surface area contributed by atoms with Gasteiger partial charge < -0.3 is 0 Å². The van der Waals surface area contributed by atoms with Gasteiger partial charge in [-0.1, -0.05) is 11.6 Å². The van der Waals surface area contributed by atoms with Crippen molar-refractivity contribution in [3.63, 3.8) is 0 Å². The number of imidazole rings is 1. The molecule has 2 rings (SSSR count). The van der Waals surface area contributed by atoms with E-state index in [0.717, 1.165) is 0 Å². The first kappa shape index (κ1) is 10.5. The molecule has 0 bridgehead atoms. The summed E-state index contributed by atoms with van der Waals surface area (Å²) in [6.45, 7) is 1.71. The lowest BCUT2D eigenvalue weighted by Crippen LogP contribution is -2.05. The average molecular weight is 240 g/mol. The van der Waals surface area contributed by atoms with E-state index in [0.29, 0.717) is 5.82 Å². The molecule has 2 aromatic heterocycles. The molecule has 0 aliphatic carbocycles. The van der Waals surface area contributed by atoms with Crippen molar-refractivity contribution in [1.82, 2.24) is 19.5 Å². The molecule has 0 spiro atoms. The SMILES string of the molecule is Cc1nccn1-c1ncnc(Cl)c1[N+](=O)[O-]. The Bertz CT molecular complexity index is 553. The van der Waals surface area contributed by atoms with E-state index in [4.69, 9.17) is 11.6 Å². The van der Waals surface area contributed by atoms with Gasteiger partial charge in [0.25, 0.3) is 0 Å². The third kappa shape index (κ3) is 1.61. The van der Waals surface area contributed by atoms with Crippen molar-refractivity contribution in [2.24, 2.45) is 0 Å². The maximum atomic E-state index is 10.9. The highest BCUT2D eigenvalue weighted by molar-refractivity contribution is 6.31. The number of nitro groups is 1. The first-order valence-electron chi connectivity index (χ1n) is 4.26. The molecule has 0 radical (unpaired) electrons. The van der Waals surface area contributed by atoms with Gasteiger partial charge in [0.15, 0.2) is 0 Å². The summed E-state index contributed by atoms with van der Waals surface area (Å²) in [7, 11) is 0. The van der Waals surface area contributed by atoms with E-state index >= 15 is 0 Å². The molecule has 8 heteroatoms. The predicted molar refractivity (Wildman–Crippen MR) is 55.6 cm³/mol. The Balaban J connectivity index is 2.70. The van der Waals surface area contributed by atoms with Crippen LogP contribution in [0.3, 0.4) is 0 Å². The fraction of sp³-hybridized carbons (Fsp3) is 0.125. The van der Waals surface area contributed by atoms with Gasteiger partial charge in [-0.15, -0.1) is 0 Å². The highest BCUT2D eigenvalue weighted by Gasteiger charge is 2.23. The van der Waals surface area contributed by atoms with Crippen LogP contribution in [0.15, 0.2) is 18.7 Å². The molecule has 0 aliphatic rings. The van der Waals surface area contributed by atoms with Crippen molar-refractivity contribution in [2.45, 2.75) is 6.92 Å². The second-order valence-corrected chi connectivity index (χ2v) is 3.30. The molecule has 0 saturated heterocycles. The molecule has 0 amide bonds. The largest absolute Gasteiger partial charge is 0.349 e. The van der Waals surface area contributed by atoms with E-state index in [1.165, 1.54) is 17.1 Å². The maximum absolute atomic E-state index is 10.9. The summed E-state index contributed by atoms with van der Waals surface area (Å²) in [6.07, 6.45) is 4.26. The van der Waals surface area contributed by atoms with Gasteiger partial charge in [-0.05, 0) is 6.92 Å². The van der Waals surface area contributed by atoms with E-state index < -0.39 is 4.92 Å². The van der Waals surface area contributed by atoms with Crippen LogP contribution in [0.5, 0.6) is 0 Å². The van der Waals surface area contributed by atoms with Crippen molar-refractivity contribution in [1.29, 1.82) is 0 Å². The molecule has 82 valence electrons. The topological polar surface area (TPSA) is 86.7 Å². The Morgan fingerprint density at radius 1 is 1.44 bits per heavy atom. The summed E-state index contributed by atoms with van der Waals surface area (Å²) in [5, 5.41) is 10.7. The first-order chi connectivity index (χ1) is 7.61. The lowest BCUT2D eigenvalue weighted by molar-refractivity contribution is -0.385. The normalized spacial score (nSPS) is 10.4. The van der Waals surface area contributed by atoms with E-state index in [-0.39, 0.29) is 16.7 Å². The Morgan fingerprint density at radius 2 is 2.19 bits per heavy atom. The molecule has 0 N–H and O–H groups in total. The maximum Gasteiger partial charge on any atom is 0.349 e. The zero-order valence-corrected chi connectivity index (χ0v) is 8.92. The molecule has 2 heterocycles. The molecule has 0 atom stereocenters. The average Bonchev–Trinajstić information content (AvgIpc) is 2.63. The smallest absolute Gasteiger partial charge is 0.282 e. The summed E-state index contributed by atoms with van der Waals surface area (Å²) in [5.41, 5.74) is -0.328. The van der Waals surface area contributed by atoms with Crippen molar-refractivity contribution in [2.75, 3.05) is 0 Å². The summed E-state index contributed by atoms with van der Waals surface area (Å²) < 4.78 is 1.48. The molecule has 16 heavy (non-hydrogen) atoms. The van der Waals surface area contributed by atoms with Gasteiger partial charge in [-0.25, -0.2) is 15.0 Å². The van der Waals surface area contributed by atoms with Gasteiger partial charge in [0.05, 0.1) is 4.92 Å². The van der Waals surface area contributed by atoms with Crippen LogP contribution in [0.2, 0.25) is 5.15 Å². The summed E-state index contributed by atoms with van der Waals surface area (Å²) >= 11 is 5.67. The minimum absolute atomic E-state index is 0.111. The van der Waals surface area contributed by atoms with Crippen LogP contribution in [-0.2, 0) is 0 Å². The van der Waals surface area contributed by atoms with Crippen LogP contribution in [0.4, 0.5) is 5.69 Å². The number of hydrogen-bond acceptors (Lipinski definition) is 5. The minimum atomic E-state index is -0.614. The molecule has 0 fully saturated rings. The quantitative estimate of drug-likeness (QED) is 0.451. The van der Waals surface area contributed by atoms with E-state index in [1.54, 1.807) is 13.1 Å². The van der Waals surface area contributed by atoms with Gasteiger partial charge in [-0.3, -0.25) is 14.7 Å². The van der Waals surface area contributed by atoms with Crippen molar-refractivity contribution >= 4 is 17.3 Å². The Morgan fingerprint density at radius 3 is 2.75 bits per heavy atom. The van der Waals surface area contributed by atoms with Gasteiger partial charge in [0.1, 0.15) is 12.2 Å². The van der Waals surface area contributed by atoms with Crippen LogP contribution < -0.4 is 0 Å². The number of halogens is 1. The van der Waals surface area contributed by atoms with Gasteiger partial charge in [-0.2, -0.15) is 0 Å². The molecule has 0 unspecified atom stereocenters. The molecule has 0 aliphatic heterocycles. The number of hydrogen-bond donors (Lipinski definition) is 0. The number of aromatic nitrogens is 4. The number of aryl methyl sites for hydroxylation is 1. The molecule has 2 aromatic rings. The standard InChI is InChI=1S/C8H6ClN5O2/c1-5-10-2-3-13(5)8-6(14(15)16)7(9)11-4-12-8/h2-4H,1H3. The zero-order chi connectivity index (χ0) is 11.7. The second kappa shape index (κ2) is 3.86. The minimum Gasteiger partial charge on any atom is -0.282 e. The summed E-state index contributed by atoms with van der Waals surface area (Å²) in [4.78, 5) is 21.6. The number of nitrogens with zero attached hydrogens (tertiary/aromatic N) is 5. The van der Waals surface area contributed by atoms with Crippen LogP contribution in [0.1, 0.15) is 5.82 Å². The highest BCUT2D eigenvalue weighted by atomic mass is 35.5. The lowest BCUT2D eigenvalue weighted by atomic mass is 10.4. The van der Waals surface area contributed by atoms with E-state index in [1.807, 2.05) is 0 Å². The Labute approximate surface area is 94.9 Å². The molecular formula is C8H6ClN5O2. The van der Waals surface area contributed by atoms with Gasteiger partial charge in [0.2, 0.25) is 11.0 Å². The monoisotopic (exact) mass is 239 g/mol. The fourth-order valence-electron chi connectivity index (χ4n) is 1.28. The van der Waals surface area contributed by atoms with Crippen LogP contribution >= 0.6 is 11.6 Å². The first-order valence-corrected chi connectivity index (χ1v) is 4.64. The third-order valence-electron chi connectivity index (χ3n) is 1.99. The van der Waals surface area contributed by atoms with Crippen LogP contribution in [0.25, 0.3) is 5.82 Å². The van der Waals surface area contributed by atoms with Crippen LogP contribution in [-0.4, -0.2) is 24.4 Å². The van der Waals surface area contributed by atoms with E-state index in [9.17, 15) is 10.1 Å². The van der Waals surface area contributed by atoms with Crippen molar-refractivity contribution in [3.05, 3.63) is 39.8 Å². The summed E-state index contributed by atoms with van der Waals surface area (Å²) in [5.74, 6) is 0.692. The second-order valence-electron chi connectivity index (χ2n) is 2.94. The Kier molecular flexibility index (Phi) is 2.53. The molecular weight excluding hydrogens is 234 g/mol. The lowest BCUT2D eigenvalue weighted by Gasteiger charge is -2.04. The summed E-state index contributed by atoms with van der Waals surface area (Å²) in [6, 6.07) is 0.